The molecule has 0 aliphatic carbocycles. The lowest BCUT2D eigenvalue weighted by atomic mass is 9.98. The SMILES string of the molecule is CC(C)[C@H](C)NC(=O)COC(=O)CN1C(=O)Cc2ccccc2C1=O. The van der Waals surface area contributed by atoms with Crippen LogP contribution in [0, 0.1) is 5.92 Å². The first-order chi connectivity index (χ1) is 11.8. The molecule has 7 heteroatoms. The first-order valence-electron chi connectivity index (χ1n) is 8.17. The molecule has 25 heavy (non-hydrogen) atoms. The van der Waals surface area contributed by atoms with Crippen LogP contribution in [-0.2, 0) is 25.5 Å². The normalized spacial score (nSPS) is 15.0. The summed E-state index contributed by atoms with van der Waals surface area (Å²) in [6, 6.07) is 6.72. The molecule has 0 unspecified atom stereocenters. The van der Waals surface area contributed by atoms with E-state index in [1.807, 2.05) is 20.8 Å². The predicted molar refractivity (Wildman–Crippen MR) is 89.6 cm³/mol. The van der Waals surface area contributed by atoms with Gasteiger partial charge in [0.25, 0.3) is 11.8 Å². The first-order valence-corrected chi connectivity index (χ1v) is 8.17. The Bertz CT molecular complexity index is 698. The summed E-state index contributed by atoms with van der Waals surface area (Å²) in [6.45, 7) is 4.83. The van der Waals surface area contributed by atoms with Crippen LogP contribution in [0.25, 0.3) is 0 Å². The molecule has 0 radical (unpaired) electrons. The number of imide groups is 1. The van der Waals surface area contributed by atoms with Crippen LogP contribution < -0.4 is 5.32 Å². The highest BCUT2D eigenvalue weighted by Crippen LogP contribution is 2.19. The molecule has 1 heterocycles. The van der Waals surface area contributed by atoms with Gasteiger partial charge in [-0.3, -0.25) is 24.1 Å². The van der Waals surface area contributed by atoms with Crippen molar-refractivity contribution in [3.63, 3.8) is 0 Å². The molecule has 1 N–H and O–H groups in total. The Labute approximate surface area is 146 Å². The summed E-state index contributed by atoms with van der Waals surface area (Å²) in [6.07, 6.45) is 0.0571. The average molecular weight is 346 g/mol. The number of hydrogen-bond acceptors (Lipinski definition) is 5. The van der Waals surface area contributed by atoms with Crippen molar-refractivity contribution >= 4 is 23.7 Å². The molecule has 1 aromatic rings. The van der Waals surface area contributed by atoms with Gasteiger partial charge in [-0.15, -0.1) is 0 Å². The highest BCUT2D eigenvalue weighted by atomic mass is 16.5. The molecule has 1 aliphatic heterocycles. The van der Waals surface area contributed by atoms with Gasteiger partial charge in [0.1, 0.15) is 6.54 Å². The summed E-state index contributed by atoms with van der Waals surface area (Å²) in [7, 11) is 0. The Kier molecular flexibility index (Phi) is 5.90. The van der Waals surface area contributed by atoms with Crippen molar-refractivity contribution in [2.75, 3.05) is 13.2 Å². The fourth-order valence-electron chi connectivity index (χ4n) is 2.34. The van der Waals surface area contributed by atoms with E-state index >= 15 is 0 Å². The summed E-state index contributed by atoms with van der Waals surface area (Å²) < 4.78 is 4.87. The van der Waals surface area contributed by atoms with E-state index in [-0.39, 0.29) is 18.4 Å². The maximum atomic E-state index is 12.3. The molecule has 1 aliphatic rings. The van der Waals surface area contributed by atoms with Gasteiger partial charge >= 0.3 is 5.97 Å². The minimum Gasteiger partial charge on any atom is -0.454 e. The van der Waals surface area contributed by atoms with Crippen molar-refractivity contribution < 1.29 is 23.9 Å². The smallest absolute Gasteiger partial charge is 0.326 e. The molecule has 1 atom stereocenters. The zero-order valence-corrected chi connectivity index (χ0v) is 14.6. The van der Waals surface area contributed by atoms with Gasteiger partial charge < -0.3 is 10.1 Å². The van der Waals surface area contributed by atoms with Crippen LogP contribution in [0.15, 0.2) is 24.3 Å². The number of nitrogens with one attached hydrogen (secondary N) is 1. The molecular weight excluding hydrogens is 324 g/mol. The quantitative estimate of drug-likeness (QED) is 0.611. The topological polar surface area (TPSA) is 92.8 Å². The summed E-state index contributed by atoms with van der Waals surface area (Å²) in [4.78, 5) is 48.9. The molecule has 0 bridgehead atoms. The van der Waals surface area contributed by atoms with E-state index in [9.17, 15) is 19.2 Å². The molecule has 0 fully saturated rings. The van der Waals surface area contributed by atoms with Gasteiger partial charge in [-0.25, -0.2) is 0 Å². The Morgan fingerprint density at radius 3 is 2.56 bits per heavy atom. The lowest BCUT2D eigenvalue weighted by Gasteiger charge is -2.25. The van der Waals surface area contributed by atoms with Crippen molar-refractivity contribution in [3.8, 4) is 0 Å². The molecular formula is C18H22N2O5. The number of carbonyl (C=O) groups is 4. The van der Waals surface area contributed by atoms with E-state index in [2.05, 4.69) is 5.32 Å². The summed E-state index contributed by atoms with van der Waals surface area (Å²) in [5.41, 5.74) is 1.04. The molecule has 134 valence electrons. The van der Waals surface area contributed by atoms with Gasteiger partial charge in [0.2, 0.25) is 5.91 Å². The third-order valence-electron chi connectivity index (χ3n) is 4.18. The molecule has 7 nitrogen and oxygen atoms in total. The van der Waals surface area contributed by atoms with Gasteiger partial charge in [0.05, 0.1) is 6.42 Å². The van der Waals surface area contributed by atoms with E-state index in [1.165, 1.54) is 0 Å². The molecule has 0 spiro atoms. The number of ether oxygens (including phenoxy) is 1. The zero-order valence-electron chi connectivity index (χ0n) is 14.6. The summed E-state index contributed by atoms with van der Waals surface area (Å²) >= 11 is 0. The number of benzene rings is 1. The highest BCUT2D eigenvalue weighted by molar-refractivity contribution is 6.11. The number of nitrogens with zero attached hydrogens (tertiary/aromatic N) is 1. The third-order valence-corrected chi connectivity index (χ3v) is 4.18. The fraction of sp³-hybridized carbons (Fsp3) is 0.444. The van der Waals surface area contributed by atoms with Crippen molar-refractivity contribution in [3.05, 3.63) is 35.4 Å². The molecule has 0 aromatic heterocycles. The first kappa shape index (κ1) is 18.6. The Hall–Kier alpha value is -2.70. The summed E-state index contributed by atoms with van der Waals surface area (Å²) in [5.74, 6) is -1.95. The number of esters is 1. The van der Waals surface area contributed by atoms with Crippen LogP contribution in [0.5, 0.6) is 0 Å². The third kappa shape index (κ3) is 4.65. The fourth-order valence-corrected chi connectivity index (χ4v) is 2.34. The lowest BCUT2D eigenvalue weighted by Crippen LogP contribution is -2.46. The number of fused-ring (bicyclic) bond motifs is 1. The average Bonchev–Trinajstić information content (AvgIpc) is 2.56. The lowest BCUT2D eigenvalue weighted by molar-refractivity contribution is -0.151. The number of rotatable bonds is 6. The standard InChI is InChI=1S/C18H22N2O5/c1-11(2)12(3)19-15(21)10-25-17(23)9-20-16(22)8-13-6-4-5-7-14(13)18(20)24/h4-7,11-12H,8-10H2,1-3H3,(H,19,21)/t12-/m0/s1. The van der Waals surface area contributed by atoms with Gasteiger partial charge in [0.15, 0.2) is 6.61 Å². The Morgan fingerprint density at radius 2 is 1.88 bits per heavy atom. The van der Waals surface area contributed by atoms with Crippen molar-refractivity contribution in [1.82, 2.24) is 10.2 Å². The van der Waals surface area contributed by atoms with Gasteiger partial charge in [-0.2, -0.15) is 0 Å². The zero-order chi connectivity index (χ0) is 18.6. The number of carbonyl (C=O) groups excluding carboxylic acids is 4. The molecule has 1 aromatic carbocycles. The number of hydrogen-bond donors (Lipinski definition) is 1. The predicted octanol–water partition coefficient (Wildman–Crippen LogP) is 0.915. The maximum Gasteiger partial charge on any atom is 0.326 e. The van der Waals surface area contributed by atoms with E-state index in [4.69, 9.17) is 4.74 Å². The van der Waals surface area contributed by atoms with Crippen molar-refractivity contribution in [2.45, 2.75) is 33.2 Å². The van der Waals surface area contributed by atoms with E-state index in [1.54, 1.807) is 24.3 Å². The van der Waals surface area contributed by atoms with Crippen LogP contribution in [0.2, 0.25) is 0 Å². The van der Waals surface area contributed by atoms with Crippen LogP contribution in [0.4, 0.5) is 0 Å². The minimum absolute atomic E-state index is 0.0482. The molecule has 0 saturated carbocycles. The largest absolute Gasteiger partial charge is 0.454 e. The Balaban J connectivity index is 1.89. The van der Waals surface area contributed by atoms with Crippen LogP contribution in [0.1, 0.15) is 36.7 Å². The van der Waals surface area contributed by atoms with Gasteiger partial charge in [-0.05, 0) is 24.5 Å². The van der Waals surface area contributed by atoms with Crippen LogP contribution in [-0.4, -0.2) is 47.8 Å². The van der Waals surface area contributed by atoms with Crippen molar-refractivity contribution in [1.29, 1.82) is 0 Å². The molecule has 2 rings (SSSR count). The van der Waals surface area contributed by atoms with Crippen LogP contribution >= 0.6 is 0 Å². The second kappa shape index (κ2) is 7.92. The molecule has 3 amide bonds. The minimum atomic E-state index is -0.798. The Morgan fingerprint density at radius 1 is 1.20 bits per heavy atom. The number of amides is 3. The van der Waals surface area contributed by atoms with Crippen molar-refractivity contribution in [2.24, 2.45) is 5.92 Å². The van der Waals surface area contributed by atoms with E-state index in [0.717, 1.165) is 4.90 Å². The van der Waals surface area contributed by atoms with E-state index in [0.29, 0.717) is 11.1 Å². The highest BCUT2D eigenvalue weighted by Gasteiger charge is 2.32. The van der Waals surface area contributed by atoms with E-state index < -0.39 is 36.8 Å². The van der Waals surface area contributed by atoms with Gasteiger partial charge in [-0.1, -0.05) is 32.0 Å². The summed E-state index contributed by atoms with van der Waals surface area (Å²) in [5, 5.41) is 2.71. The maximum absolute atomic E-state index is 12.3. The second-order valence-electron chi connectivity index (χ2n) is 6.38. The van der Waals surface area contributed by atoms with Crippen LogP contribution in [0.3, 0.4) is 0 Å². The second-order valence-corrected chi connectivity index (χ2v) is 6.38. The molecule has 0 saturated heterocycles. The van der Waals surface area contributed by atoms with Gasteiger partial charge in [0, 0.05) is 11.6 Å². The monoisotopic (exact) mass is 346 g/mol.